The number of nitro groups is 1. The molecule has 3 rings (SSSR count). The van der Waals surface area contributed by atoms with Gasteiger partial charge in [-0.25, -0.2) is 0 Å². The van der Waals surface area contributed by atoms with Crippen molar-refractivity contribution in [2.24, 2.45) is 0 Å². The predicted octanol–water partition coefficient (Wildman–Crippen LogP) is 4.33. The molecule has 1 fully saturated rings. The number of thioether (sulfide) groups is 1. The first kappa shape index (κ1) is 16.8. The monoisotopic (exact) mass is 349 g/mol. The third kappa shape index (κ3) is 3.87. The largest absolute Gasteiger partial charge is 0.496 e. The maximum Gasteiger partial charge on any atom is 0.276 e. The Morgan fingerprint density at radius 3 is 2.83 bits per heavy atom. The summed E-state index contributed by atoms with van der Waals surface area (Å²) < 4.78 is 11.0. The van der Waals surface area contributed by atoms with Gasteiger partial charge in [0.1, 0.15) is 5.75 Å². The molecule has 1 aromatic heterocycles. The van der Waals surface area contributed by atoms with Gasteiger partial charge in [-0.2, -0.15) is 0 Å². The first-order valence-corrected chi connectivity index (χ1v) is 8.93. The summed E-state index contributed by atoms with van der Waals surface area (Å²) in [6, 6.07) is 4.56. The lowest BCUT2D eigenvalue weighted by molar-refractivity contribution is -0.384. The number of ether oxygens (including phenoxy) is 1. The second kappa shape index (κ2) is 7.65. The van der Waals surface area contributed by atoms with E-state index in [0.29, 0.717) is 28.5 Å². The van der Waals surface area contributed by atoms with E-state index in [0.717, 1.165) is 18.4 Å². The normalized spacial score (nSPS) is 15.4. The Morgan fingerprint density at radius 2 is 2.12 bits per heavy atom. The summed E-state index contributed by atoms with van der Waals surface area (Å²) in [5.74, 6) is 2.16. The van der Waals surface area contributed by atoms with E-state index in [-0.39, 0.29) is 5.69 Å². The molecule has 2 aromatic rings. The van der Waals surface area contributed by atoms with Crippen LogP contribution in [0.1, 0.15) is 49.5 Å². The number of non-ortho nitro benzene ring substituents is 1. The van der Waals surface area contributed by atoms with Crippen LogP contribution in [-0.2, 0) is 5.75 Å². The van der Waals surface area contributed by atoms with Crippen LogP contribution < -0.4 is 4.74 Å². The van der Waals surface area contributed by atoms with E-state index in [4.69, 9.17) is 9.15 Å². The molecular formula is C16H19N3O4S. The summed E-state index contributed by atoms with van der Waals surface area (Å²) in [5, 5.41) is 19.7. The van der Waals surface area contributed by atoms with Crippen LogP contribution in [-0.4, -0.2) is 22.2 Å². The lowest BCUT2D eigenvalue weighted by Crippen LogP contribution is -2.04. The third-order valence-corrected chi connectivity index (χ3v) is 5.07. The summed E-state index contributed by atoms with van der Waals surface area (Å²) in [6.45, 7) is 0. The minimum Gasteiger partial charge on any atom is -0.496 e. The second-order valence-corrected chi connectivity index (χ2v) is 6.71. The van der Waals surface area contributed by atoms with Crippen LogP contribution in [0.3, 0.4) is 0 Å². The SMILES string of the molecule is COc1ccc([N+](=O)[O-])cc1CSc1nnc(C2CCCCC2)o1. The molecule has 0 spiro atoms. The Bertz CT molecular complexity index is 713. The molecule has 1 aliphatic rings. The minimum absolute atomic E-state index is 0.0415. The van der Waals surface area contributed by atoms with Crippen LogP contribution in [0.4, 0.5) is 5.69 Å². The molecule has 1 heterocycles. The van der Waals surface area contributed by atoms with Crippen molar-refractivity contribution in [2.45, 2.75) is 49.0 Å². The Kier molecular flexibility index (Phi) is 5.34. The lowest BCUT2D eigenvalue weighted by atomic mass is 9.89. The summed E-state index contributed by atoms with van der Waals surface area (Å²) in [5.41, 5.74) is 0.772. The molecule has 0 bridgehead atoms. The maximum atomic E-state index is 10.9. The van der Waals surface area contributed by atoms with Crippen LogP contribution >= 0.6 is 11.8 Å². The van der Waals surface area contributed by atoms with E-state index in [1.54, 1.807) is 13.2 Å². The van der Waals surface area contributed by atoms with Gasteiger partial charge in [-0.15, -0.1) is 10.2 Å². The Morgan fingerprint density at radius 1 is 1.33 bits per heavy atom. The summed E-state index contributed by atoms with van der Waals surface area (Å²) >= 11 is 1.37. The fourth-order valence-electron chi connectivity index (χ4n) is 2.92. The standard InChI is InChI=1S/C16H19N3O4S/c1-22-14-8-7-13(19(20)21)9-12(14)10-24-16-18-17-15(23-16)11-5-3-2-4-6-11/h7-9,11H,2-6,10H2,1H3. The second-order valence-electron chi connectivity index (χ2n) is 5.78. The van der Waals surface area contributed by atoms with Gasteiger partial charge < -0.3 is 9.15 Å². The lowest BCUT2D eigenvalue weighted by Gasteiger charge is -2.17. The van der Waals surface area contributed by atoms with Crippen molar-refractivity contribution < 1.29 is 14.1 Å². The van der Waals surface area contributed by atoms with E-state index in [1.165, 1.54) is 43.2 Å². The van der Waals surface area contributed by atoms with E-state index < -0.39 is 4.92 Å². The molecular weight excluding hydrogens is 330 g/mol. The van der Waals surface area contributed by atoms with Gasteiger partial charge >= 0.3 is 0 Å². The maximum absolute atomic E-state index is 10.9. The van der Waals surface area contributed by atoms with Crippen molar-refractivity contribution in [1.82, 2.24) is 10.2 Å². The molecule has 1 aliphatic carbocycles. The highest BCUT2D eigenvalue weighted by molar-refractivity contribution is 7.98. The van der Waals surface area contributed by atoms with Crippen molar-refractivity contribution in [3.8, 4) is 5.75 Å². The number of nitro benzene ring substituents is 1. The van der Waals surface area contributed by atoms with Gasteiger partial charge in [-0.1, -0.05) is 31.0 Å². The van der Waals surface area contributed by atoms with E-state index in [1.807, 2.05) is 0 Å². The van der Waals surface area contributed by atoms with Gasteiger partial charge in [0.25, 0.3) is 10.9 Å². The van der Waals surface area contributed by atoms with E-state index in [9.17, 15) is 10.1 Å². The molecule has 7 nitrogen and oxygen atoms in total. The Balaban J connectivity index is 1.68. The number of methoxy groups -OCH3 is 1. The number of hydrogen-bond donors (Lipinski definition) is 0. The molecule has 0 unspecified atom stereocenters. The molecule has 0 radical (unpaired) electrons. The van der Waals surface area contributed by atoms with Crippen molar-refractivity contribution in [1.29, 1.82) is 0 Å². The predicted molar refractivity (Wildman–Crippen MR) is 89.3 cm³/mol. The van der Waals surface area contributed by atoms with Gasteiger partial charge in [-0.3, -0.25) is 10.1 Å². The van der Waals surface area contributed by atoms with Crippen LogP contribution in [0.15, 0.2) is 27.8 Å². The highest BCUT2D eigenvalue weighted by Gasteiger charge is 2.21. The first-order chi connectivity index (χ1) is 11.7. The zero-order valence-corrected chi connectivity index (χ0v) is 14.3. The van der Waals surface area contributed by atoms with Crippen LogP contribution in [0, 0.1) is 10.1 Å². The van der Waals surface area contributed by atoms with Crippen molar-refractivity contribution in [2.75, 3.05) is 7.11 Å². The van der Waals surface area contributed by atoms with Crippen LogP contribution in [0.5, 0.6) is 5.75 Å². The fraction of sp³-hybridized carbons (Fsp3) is 0.500. The van der Waals surface area contributed by atoms with Crippen molar-refractivity contribution >= 4 is 17.4 Å². The van der Waals surface area contributed by atoms with Gasteiger partial charge in [0.05, 0.1) is 12.0 Å². The molecule has 0 saturated heterocycles. The van der Waals surface area contributed by atoms with E-state index in [2.05, 4.69) is 10.2 Å². The molecule has 0 N–H and O–H groups in total. The Labute approximate surface area is 143 Å². The first-order valence-electron chi connectivity index (χ1n) is 7.95. The van der Waals surface area contributed by atoms with Gasteiger partial charge in [0.2, 0.25) is 5.89 Å². The van der Waals surface area contributed by atoms with Crippen LogP contribution in [0.2, 0.25) is 0 Å². The number of hydrogen-bond acceptors (Lipinski definition) is 7. The number of benzene rings is 1. The van der Waals surface area contributed by atoms with Gasteiger partial charge in [-0.05, 0) is 18.9 Å². The zero-order chi connectivity index (χ0) is 16.9. The summed E-state index contributed by atoms with van der Waals surface area (Å²) in [7, 11) is 1.54. The minimum atomic E-state index is -0.415. The molecule has 24 heavy (non-hydrogen) atoms. The van der Waals surface area contributed by atoms with Crippen LogP contribution in [0.25, 0.3) is 0 Å². The molecule has 1 saturated carbocycles. The average Bonchev–Trinajstić information content (AvgIpc) is 3.09. The Hall–Kier alpha value is -2.09. The highest BCUT2D eigenvalue weighted by atomic mass is 32.2. The van der Waals surface area contributed by atoms with Crippen molar-refractivity contribution in [3.63, 3.8) is 0 Å². The third-order valence-electron chi connectivity index (χ3n) is 4.20. The quantitative estimate of drug-likeness (QED) is 0.435. The summed E-state index contributed by atoms with van der Waals surface area (Å²) in [4.78, 5) is 10.5. The average molecular weight is 349 g/mol. The smallest absolute Gasteiger partial charge is 0.276 e. The topological polar surface area (TPSA) is 91.3 Å². The fourth-order valence-corrected chi connectivity index (χ4v) is 3.67. The molecule has 0 amide bonds. The molecule has 0 aliphatic heterocycles. The molecule has 0 atom stereocenters. The van der Waals surface area contributed by atoms with Gasteiger partial charge in [0, 0.05) is 29.4 Å². The van der Waals surface area contributed by atoms with Crippen molar-refractivity contribution in [3.05, 3.63) is 39.8 Å². The number of aromatic nitrogens is 2. The number of rotatable bonds is 6. The highest BCUT2D eigenvalue weighted by Crippen LogP contribution is 2.34. The zero-order valence-electron chi connectivity index (χ0n) is 13.4. The van der Waals surface area contributed by atoms with Gasteiger partial charge in [0.15, 0.2) is 0 Å². The number of nitrogens with zero attached hydrogens (tertiary/aromatic N) is 3. The summed E-state index contributed by atoms with van der Waals surface area (Å²) in [6.07, 6.45) is 5.90. The molecule has 8 heteroatoms. The molecule has 128 valence electrons. The molecule has 1 aromatic carbocycles. The van der Waals surface area contributed by atoms with E-state index >= 15 is 0 Å².